The maximum absolute atomic E-state index is 12.3. The average Bonchev–Trinajstić information content (AvgIpc) is 2.99. The van der Waals surface area contributed by atoms with Crippen molar-refractivity contribution in [3.05, 3.63) is 30.0 Å². The number of fused-ring (bicyclic) bond motifs is 3. The first-order valence-electron chi connectivity index (χ1n) is 8.31. The fourth-order valence-electron chi connectivity index (χ4n) is 4.17. The van der Waals surface area contributed by atoms with Gasteiger partial charge in [0.2, 0.25) is 5.91 Å². The first kappa shape index (κ1) is 13.8. The molecule has 0 spiro atoms. The van der Waals surface area contributed by atoms with Gasteiger partial charge in [0, 0.05) is 40.8 Å². The van der Waals surface area contributed by atoms with Crippen molar-refractivity contribution in [3.63, 3.8) is 0 Å². The van der Waals surface area contributed by atoms with Gasteiger partial charge in [0.25, 0.3) is 0 Å². The van der Waals surface area contributed by atoms with Crippen molar-refractivity contribution in [2.45, 2.75) is 51.1 Å². The molecular formula is C18H23N3O. The number of benzene rings is 1. The molecular weight excluding hydrogens is 274 g/mol. The number of aryl methyl sites for hydroxylation is 1. The van der Waals surface area contributed by atoms with Crippen molar-refractivity contribution in [2.24, 2.45) is 5.92 Å². The minimum atomic E-state index is 0.151. The number of carbonyl (C=O) groups is 1. The van der Waals surface area contributed by atoms with Crippen molar-refractivity contribution in [1.82, 2.24) is 10.3 Å². The van der Waals surface area contributed by atoms with Crippen molar-refractivity contribution in [2.75, 3.05) is 5.32 Å². The molecule has 0 radical (unpaired) electrons. The Morgan fingerprint density at radius 3 is 2.77 bits per heavy atom. The molecule has 2 atom stereocenters. The second-order valence-electron chi connectivity index (χ2n) is 6.98. The number of H-pyrrole nitrogens is 1. The Hall–Kier alpha value is -1.81. The summed E-state index contributed by atoms with van der Waals surface area (Å²) >= 11 is 0. The second-order valence-corrected chi connectivity index (χ2v) is 6.98. The van der Waals surface area contributed by atoms with E-state index in [0.717, 1.165) is 35.1 Å². The number of carbonyl (C=O) groups excluding carboxylic acids is 1. The number of hydrogen-bond donors (Lipinski definition) is 3. The highest BCUT2D eigenvalue weighted by molar-refractivity contribution is 5.94. The van der Waals surface area contributed by atoms with E-state index in [2.05, 4.69) is 21.7 Å². The third kappa shape index (κ3) is 2.75. The summed E-state index contributed by atoms with van der Waals surface area (Å²) in [7, 11) is 0. The summed E-state index contributed by atoms with van der Waals surface area (Å²) in [6.07, 6.45) is 5.53. The zero-order valence-electron chi connectivity index (χ0n) is 13.0. The van der Waals surface area contributed by atoms with Crippen molar-refractivity contribution in [1.29, 1.82) is 0 Å². The van der Waals surface area contributed by atoms with E-state index < -0.39 is 0 Å². The van der Waals surface area contributed by atoms with Crippen molar-refractivity contribution >= 4 is 22.5 Å². The van der Waals surface area contributed by atoms with Crippen LogP contribution in [0.3, 0.4) is 0 Å². The van der Waals surface area contributed by atoms with Crippen LogP contribution < -0.4 is 10.6 Å². The Morgan fingerprint density at radius 2 is 2.00 bits per heavy atom. The first-order valence-corrected chi connectivity index (χ1v) is 8.31. The second kappa shape index (κ2) is 5.43. The topological polar surface area (TPSA) is 56.9 Å². The molecule has 3 N–H and O–H groups in total. The van der Waals surface area contributed by atoms with Crippen LogP contribution in [0.5, 0.6) is 0 Å². The SMILES string of the molecule is Cc1cc2cc(NC(=O)CC3CC4CCC(C3)N4)ccc2[nH]1. The Bertz CT molecular complexity index is 693. The van der Waals surface area contributed by atoms with Gasteiger partial charge >= 0.3 is 0 Å². The average molecular weight is 297 g/mol. The maximum Gasteiger partial charge on any atom is 0.224 e. The van der Waals surface area contributed by atoms with Gasteiger partial charge in [0.05, 0.1) is 0 Å². The summed E-state index contributed by atoms with van der Waals surface area (Å²) in [5, 5.41) is 7.85. The quantitative estimate of drug-likeness (QED) is 0.814. The Labute approximate surface area is 130 Å². The van der Waals surface area contributed by atoms with Crippen molar-refractivity contribution < 1.29 is 4.79 Å². The predicted octanol–water partition coefficient (Wildman–Crippen LogP) is 3.34. The van der Waals surface area contributed by atoms with E-state index in [0.29, 0.717) is 24.4 Å². The third-order valence-electron chi connectivity index (χ3n) is 5.08. The van der Waals surface area contributed by atoms with E-state index >= 15 is 0 Å². The Balaban J connectivity index is 1.40. The molecule has 4 nitrogen and oxygen atoms in total. The van der Waals surface area contributed by atoms with Gasteiger partial charge in [0.1, 0.15) is 0 Å². The zero-order valence-corrected chi connectivity index (χ0v) is 13.0. The summed E-state index contributed by atoms with van der Waals surface area (Å²) in [5.74, 6) is 0.690. The standard InChI is InChI=1S/C18H23N3O/c1-11-6-13-10-16(4-5-17(13)19-11)21-18(22)9-12-7-14-2-3-15(8-12)20-14/h4-6,10,12,14-15,19-20H,2-3,7-9H2,1H3,(H,21,22). The largest absolute Gasteiger partial charge is 0.359 e. The number of aromatic amines is 1. The molecule has 2 fully saturated rings. The number of rotatable bonds is 3. The van der Waals surface area contributed by atoms with Gasteiger partial charge < -0.3 is 15.6 Å². The molecule has 2 aromatic rings. The highest BCUT2D eigenvalue weighted by Crippen LogP contribution is 2.32. The van der Waals surface area contributed by atoms with Gasteiger partial charge in [-0.25, -0.2) is 0 Å². The molecule has 2 saturated heterocycles. The molecule has 0 aliphatic carbocycles. The van der Waals surface area contributed by atoms with E-state index in [1.165, 1.54) is 12.8 Å². The fraction of sp³-hybridized carbons (Fsp3) is 0.500. The minimum Gasteiger partial charge on any atom is -0.359 e. The van der Waals surface area contributed by atoms with Crippen LogP contribution in [0.4, 0.5) is 5.69 Å². The molecule has 116 valence electrons. The van der Waals surface area contributed by atoms with Crippen LogP contribution in [0.1, 0.15) is 37.8 Å². The number of piperidine rings is 1. The number of hydrogen-bond acceptors (Lipinski definition) is 2. The van der Waals surface area contributed by atoms with Crippen LogP contribution in [0, 0.1) is 12.8 Å². The number of nitrogens with one attached hydrogen (secondary N) is 3. The maximum atomic E-state index is 12.3. The summed E-state index contributed by atoms with van der Waals surface area (Å²) in [5.41, 5.74) is 3.16. The smallest absolute Gasteiger partial charge is 0.224 e. The highest BCUT2D eigenvalue weighted by atomic mass is 16.1. The lowest BCUT2D eigenvalue weighted by molar-refractivity contribution is -0.117. The minimum absolute atomic E-state index is 0.151. The van der Waals surface area contributed by atoms with Gasteiger partial charge in [-0.3, -0.25) is 4.79 Å². The molecule has 1 amide bonds. The van der Waals surface area contributed by atoms with Crippen LogP contribution in [-0.2, 0) is 4.79 Å². The summed E-state index contributed by atoms with van der Waals surface area (Å²) in [6.45, 7) is 2.05. The van der Waals surface area contributed by atoms with Gasteiger partial charge in [0.15, 0.2) is 0 Å². The van der Waals surface area contributed by atoms with Crippen LogP contribution in [-0.4, -0.2) is 23.0 Å². The van der Waals surface area contributed by atoms with Gasteiger partial charge in [-0.15, -0.1) is 0 Å². The lowest BCUT2D eigenvalue weighted by atomic mass is 9.89. The number of anilines is 1. The van der Waals surface area contributed by atoms with E-state index in [-0.39, 0.29) is 5.91 Å². The molecule has 0 saturated carbocycles. The molecule has 2 aliphatic rings. The van der Waals surface area contributed by atoms with Crippen LogP contribution >= 0.6 is 0 Å². The molecule has 1 aromatic carbocycles. The monoisotopic (exact) mass is 297 g/mol. The van der Waals surface area contributed by atoms with E-state index in [1.807, 2.05) is 25.1 Å². The Morgan fingerprint density at radius 1 is 1.23 bits per heavy atom. The Kier molecular flexibility index (Phi) is 3.41. The van der Waals surface area contributed by atoms with Crippen molar-refractivity contribution in [3.8, 4) is 0 Å². The molecule has 4 heteroatoms. The highest BCUT2D eigenvalue weighted by Gasteiger charge is 2.34. The van der Waals surface area contributed by atoms with Crippen LogP contribution in [0.15, 0.2) is 24.3 Å². The molecule has 2 aliphatic heterocycles. The lowest BCUT2D eigenvalue weighted by Crippen LogP contribution is -2.39. The zero-order chi connectivity index (χ0) is 15.1. The molecule has 2 bridgehead atoms. The molecule has 4 rings (SSSR count). The van der Waals surface area contributed by atoms with Gasteiger partial charge in [-0.1, -0.05) is 0 Å². The van der Waals surface area contributed by atoms with Gasteiger partial charge in [-0.2, -0.15) is 0 Å². The van der Waals surface area contributed by atoms with E-state index in [1.54, 1.807) is 0 Å². The third-order valence-corrected chi connectivity index (χ3v) is 5.08. The summed E-state index contributed by atoms with van der Waals surface area (Å²) in [4.78, 5) is 15.6. The molecule has 3 heterocycles. The van der Waals surface area contributed by atoms with Gasteiger partial charge in [-0.05, 0) is 62.8 Å². The lowest BCUT2D eigenvalue weighted by Gasteiger charge is -2.28. The summed E-state index contributed by atoms with van der Waals surface area (Å²) in [6, 6.07) is 9.45. The van der Waals surface area contributed by atoms with Crippen LogP contribution in [0.25, 0.3) is 10.9 Å². The molecule has 1 aromatic heterocycles. The van der Waals surface area contributed by atoms with E-state index in [9.17, 15) is 4.79 Å². The predicted molar refractivity (Wildman–Crippen MR) is 89.0 cm³/mol. The molecule has 22 heavy (non-hydrogen) atoms. The number of aromatic nitrogens is 1. The fourth-order valence-corrected chi connectivity index (χ4v) is 4.17. The normalized spacial score (nSPS) is 27.2. The molecule has 2 unspecified atom stereocenters. The van der Waals surface area contributed by atoms with E-state index in [4.69, 9.17) is 0 Å². The number of amides is 1. The first-order chi connectivity index (χ1) is 10.7. The summed E-state index contributed by atoms with van der Waals surface area (Å²) < 4.78 is 0. The van der Waals surface area contributed by atoms with Crippen LogP contribution in [0.2, 0.25) is 0 Å².